The highest BCUT2D eigenvalue weighted by molar-refractivity contribution is 5.27. The van der Waals surface area contributed by atoms with E-state index in [1.807, 2.05) is 62.9 Å². The molecule has 1 unspecified atom stereocenters. The van der Waals surface area contributed by atoms with Gasteiger partial charge in [0, 0.05) is 31.5 Å². The molecule has 6 nitrogen and oxygen atoms in total. The zero-order valence-corrected chi connectivity index (χ0v) is 15.2. The number of ether oxygens (including phenoxy) is 1. The summed E-state index contributed by atoms with van der Waals surface area (Å²) >= 11 is 0. The molecular weight excluding hydrogens is 326 g/mol. The van der Waals surface area contributed by atoms with Crippen LogP contribution in [0.15, 0.2) is 48.9 Å². The quantitative estimate of drug-likeness (QED) is 0.704. The smallest absolute Gasteiger partial charge is 0.222 e. The van der Waals surface area contributed by atoms with Crippen LogP contribution >= 0.6 is 0 Å². The van der Waals surface area contributed by atoms with Gasteiger partial charge in [0.25, 0.3) is 0 Å². The molecule has 0 aliphatic carbocycles. The molecule has 3 aromatic rings. The van der Waals surface area contributed by atoms with Gasteiger partial charge in [-0.05, 0) is 38.4 Å². The molecule has 0 spiro atoms. The molecule has 0 saturated carbocycles. The number of rotatable bonds is 5. The van der Waals surface area contributed by atoms with E-state index in [9.17, 15) is 0 Å². The van der Waals surface area contributed by atoms with Gasteiger partial charge in [-0.3, -0.25) is 4.90 Å². The van der Waals surface area contributed by atoms with E-state index in [1.54, 1.807) is 0 Å². The summed E-state index contributed by atoms with van der Waals surface area (Å²) < 4.78 is 8.00. The van der Waals surface area contributed by atoms with Crippen molar-refractivity contribution in [1.29, 1.82) is 0 Å². The second kappa shape index (κ2) is 7.25. The third-order valence-electron chi connectivity index (χ3n) is 4.76. The summed E-state index contributed by atoms with van der Waals surface area (Å²) in [6.45, 7) is 3.89. The monoisotopic (exact) mass is 349 g/mol. The summed E-state index contributed by atoms with van der Waals surface area (Å²) in [6.07, 6.45) is 5.98. The molecule has 1 aliphatic rings. The van der Waals surface area contributed by atoms with Gasteiger partial charge in [-0.2, -0.15) is 4.98 Å². The highest BCUT2D eigenvalue weighted by Crippen LogP contribution is 2.32. The Labute approximate surface area is 153 Å². The molecule has 26 heavy (non-hydrogen) atoms. The number of imidazole rings is 1. The Morgan fingerprint density at radius 3 is 2.81 bits per heavy atom. The van der Waals surface area contributed by atoms with Crippen LogP contribution in [-0.2, 0) is 13.6 Å². The fraction of sp³-hybridized carbons (Fsp3) is 0.350. The minimum absolute atomic E-state index is 0.211. The van der Waals surface area contributed by atoms with Crippen LogP contribution in [-0.4, -0.2) is 31.0 Å². The Morgan fingerprint density at radius 2 is 2.04 bits per heavy atom. The van der Waals surface area contributed by atoms with E-state index in [1.165, 1.54) is 5.69 Å². The maximum absolute atomic E-state index is 5.94. The maximum Gasteiger partial charge on any atom is 0.222 e. The number of para-hydroxylation sites is 1. The number of aromatic nitrogens is 4. The highest BCUT2D eigenvalue weighted by Gasteiger charge is 2.29. The fourth-order valence-corrected chi connectivity index (χ4v) is 3.43. The van der Waals surface area contributed by atoms with Crippen molar-refractivity contribution in [3.8, 4) is 11.6 Å². The third-order valence-corrected chi connectivity index (χ3v) is 4.76. The van der Waals surface area contributed by atoms with Crippen LogP contribution in [0.2, 0.25) is 0 Å². The Morgan fingerprint density at radius 1 is 1.19 bits per heavy atom. The second-order valence-electron chi connectivity index (χ2n) is 6.75. The van der Waals surface area contributed by atoms with Crippen molar-refractivity contribution < 1.29 is 4.74 Å². The fourth-order valence-electron chi connectivity index (χ4n) is 3.43. The zero-order chi connectivity index (χ0) is 17.9. The first-order valence-corrected chi connectivity index (χ1v) is 8.97. The molecule has 1 saturated heterocycles. The number of likely N-dealkylation sites (tertiary alicyclic amines) is 1. The van der Waals surface area contributed by atoms with Crippen LogP contribution in [0, 0.1) is 6.92 Å². The molecule has 1 aliphatic heterocycles. The van der Waals surface area contributed by atoms with E-state index in [2.05, 4.69) is 14.5 Å². The molecule has 134 valence electrons. The molecule has 1 fully saturated rings. The van der Waals surface area contributed by atoms with Gasteiger partial charge in [-0.25, -0.2) is 9.97 Å². The molecule has 0 N–H and O–H groups in total. The van der Waals surface area contributed by atoms with Crippen LogP contribution < -0.4 is 4.74 Å². The van der Waals surface area contributed by atoms with Crippen molar-refractivity contribution in [1.82, 2.24) is 24.4 Å². The van der Waals surface area contributed by atoms with Crippen LogP contribution in [0.1, 0.15) is 36.1 Å². The largest absolute Gasteiger partial charge is 0.439 e. The van der Waals surface area contributed by atoms with Crippen LogP contribution in [0.25, 0.3) is 0 Å². The third kappa shape index (κ3) is 3.60. The molecule has 0 radical (unpaired) electrons. The van der Waals surface area contributed by atoms with Gasteiger partial charge in [-0.1, -0.05) is 18.2 Å². The van der Waals surface area contributed by atoms with Gasteiger partial charge >= 0.3 is 0 Å². The van der Waals surface area contributed by atoms with E-state index in [-0.39, 0.29) is 6.04 Å². The summed E-state index contributed by atoms with van der Waals surface area (Å²) in [5, 5.41) is 0. The lowest BCUT2D eigenvalue weighted by Crippen LogP contribution is -2.25. The number of aryl methyl sites for hydroxylation is 2. The number of hydrogen-bond acceptors (Lipinski definition) is 5. The summed E-state index contributed by atoms with van der Waals surface area (Å²) in [5.74, 6) is 2.23. The van der Waals surface area contributed by atoms with Gasteiger partial charge in [-0.15, -0.1) is 0 Å². The number of benzene rings is 1. The SMILES string of the molecule is Cc1cc(Oc2ccccc2)nc(C2CCCN2Cc2cncn2C)n1. The van der Waals surface area contributed by atoms with Gasteiger partial charge in [0.1, 0.15) is 11.6 Å². The predicted molar refractivity (Wildman–Crippen MR) is 98.9 cm³/mol. The zero-order valence-electron chi connectivity index (χ0n) is 15.2. The normalized spacial score (nSPS) is 17.5. The highest BCUT2D eigenvalue weighted by atomic mass is 16.5. The molecule has 0 bridgehead atoms. The summed E-state index contributed by atoms with van der Waals surface area (Å²) in [4.78, 5) is 16.1. The molecule has 2 aromatic heterocycles. The Balaban J connectivity index is 1.57. The minimum atomic E-state index is 0.211. The minimum Gasteiger partial charge on any atom is -0.439 e. The average Bonchev–Trinajstić information content (AvgIpc) is 3.25. The van der Waals surface area contributed by atoms with Crippen molar-refractivity contribution in [3.63, 3.8) is 0 Å². The molecular formula is C20H23N5O. The first kappa shape index (κ1) is 16.7. The molecule has 6 heteroatoms. The van der Waals surface area contributed by atoms with Crippen LogP contribution in [0.3, 0.4) is 0 Å². The van der Waals surface area contributed by atoms with E-state index < -0.39 is 0 Å². The van der Waals surface area contributed by atoms with Gasteiger partial charge in [0.2, 0.25) is 5.88 Å². The Hall–Kier alpha value is -2.73. The topological polar surface area (TPSA) is 56.1 Å². The second-order valence-corrected chi connectivity index (χ2v) is 6.75. The first-order chi connectivity index (χ1) is 12.7. The van der Waals surface area contributed by atoms with Gasteiger partial charge in [0.15, 0.2) is 0 Å². The summed E-state index contributed by atoms with van der Waals surface area (Å²) in [7, 11) is 2.03. The molecule has 4 rings (SSSR count). The molecule has 0 amide bonds. The Bertz CT molecular complexity index is 877. The predicted octanol–water partition coefficient (Wildman–Crippen LogP) is 3.65. The van der Waals surface area contributed by atoms with Crippen molar-refractivity contribution in [3.05, 3.63) is 66.1 Å². The van der Waals surface area contributed by atoms with E-state index in [0.717, 1.165) is 43.2 Å². The molecule has 1 aromatic carbocycles. The lowest BCUT2D eigenvalue weighted by atomic mass is 10.2. The van der Waals surface area contributed by atoms with Crippen LogP contribution in [0.5, 0.6) is 11.6 Å². The molecule has 3 heterocycles. The lowest BCUT2D eigenvalue weighted by molar-refractivity contribution is 0.233. The van der Waals surface area contributed by atoms with Crippen molar-refractivity contribution >= 4 is 0 Å². The maximum atomic E-state index is 5.94. The average molecular weight is 349 g/mol. The number of nitrogens with zero attached hydrogens (tertiary/aromatic N) is 5. The van der Waals surface area contributed by atoms with E-state index in [0.29, 0.717) is 5.88 Å². The van der Waals surface area contributed by atoms with Crippen molar-refractivity contribution in [2.75, 3.05) is 6.54 Å². The standard InChI is InChI=1S/C20H23N5O/c1-15-11-19(26-17-7-4-3-5-8-17)23-20(22-15)18-9-6-10-25(18)13-16-12-21-14-24(16)2/h3-5,7-8,11-12,14,18H,6,9-10,13H2,1-2H3. The Kier molecular flexibility index (Phi) is 4.67. The van der Waals surface area contributed by atoms with Gasteiger partial charge in [0.05, 0.1) is 18.1 Å². The van der Waals surface area contributed by atoms with Crippen LogP contribution in [0.4, 0.5) is 0 Å². The lowest BCUT2D eigenvalue weighted by Gasteiger charge is -2.23. The van der Waals surface area contributed by atoms with E-state index >= 15 is 0 Å². The first-order valence-electron chi connectivity index (χ1n) is 8.97. The van der Waals surface area contributed by atoms with Gasteiger partial charge < -0.3 is 9.30 Å². The molecule has 1 atom stereocenters. The van der Waals surface area contributed by atoms with Crippen molar-refractivity contribution in [2.45, 2.75) is 32.4 Å². The van der Waals surface area contributed by atoms with E-state index in [4.69, 9.17) is 14.7 Å². The van der Waals surface area contributed by atoms with Crippen molar-refractivity contribution in [2.24, 2.45) is 7.05 Å². The summed E-state index contributed by atoms with van der Waals surface area (Å²) in [6, 6.07) is 11.8. The summed E-state index contributed by atoms with van der Waals surface area (Å²) in [5.41, 5.74) is 2.12. The number of hydrogen-bond donors (Lipinski definition) is 0.